The summed E-state index contributed by atoms with van der Waals surface area (Å²) in [6.07, 6.45) is 19.9. The van der Waals surface area contributed by atoms with Gasteiger partial charge in [-0.25, -0.2) is 23.3 Å². The van der Waals surface area contributed by atoms with E-state index < -0.39 is 20.8 Å². The molecular weight excluding hydrogens is 378 g/mol. The van der Waals surface area contributed by atoms with E-state index in [-0.39, 0.29) is 0 Å². The zero-order valence-corrected chi connectivity index (χ0v) is 17.5. The Hall–Kier alpha value is 0.423. The molecule has 2 rings (SSSR count). The van der Waals surface area contributed by atoms with Crippen molar-refractivity contribution in [2.45, 2.75) is 53.4 Å². The molecular formula is C18H26Cl2Zr. The summed E-state index contributed by atoms with van der Waals surface area (Å²) in [6, 6.07) is 0. The molecule has 116 valence electrons. The van der Waals surface area contributed by atoms with Crippen molar-refractivity contribution in [2.75, 3.05) is 0 Å². The van der Waals surface area contributed by atoms with Gasteiger partial charge in [-0.1, -0.05) is 52.4 Å². The van der Waals surface area contributed by atoms with Crippen molar-refractivity contribution in [2.24, 2.45) is 11.8 Å². The van der Waals surface area contributed by atoms with Crippen LogP contribution in [-0.4, -0.2) is 0 Å². The van der Waals surface area contributed by atoms with Crippen molar-refractivity contribution in [3.8, 4) is 0 Å². The normalized spacial score (nSPS) is 17.6. The van der Waals surface area contributed by atoms with Crippen molar-refractivity contribution >= 4 is 17.0 Å². The Kier molecular flexibility index (Phi) is 14.3. The second-order valence-corrected chi connectivity index (χ2v) is 8.90. The Morgan fingerprint density at radius 1 is 0.952 bits per heavy atom. The topological polar surface area (TPSA) is 0 Å². The van der Waals surface area contributed by atoms with Crippen molar-refractivity contribution in [3.63, 3.8) is 0 Å². The van der Waals surface area contributed by atoms with Crippen LogP contribution in [0.3, 0.4) is 0 Å². The van der Waals surface area contributed by atoms with Gasteiger partial charge in [0.15, 0.2) is 0 Å². The summed E-state index contributed by atoms with van der Waals surface area (Å²) in [6.45, 7) is 8.92. The van der Waals surface area contributed by atoms with Crippen molar-refractivity contribution < 1.29 is 20.8 Å². The Morgan fingerprint density at radius 2 is 1.29 bits per heavy atom. The molecule has 0 aromatic carbocycles. The van der Waals surface area contributed by atoms with Crippen LogP contribution in [0.25, 0.3) is 0 Å². The second kappa shape index (κ2) is 14.0. The van der Waals surface area contributed by atoms with Gasteiger partial charge in [-0.3, -0.25) is 12.2 Å². The van der Waals surface area contributed by atoms with Crippen molar-refractivity contribution in [3.05, 3.63) is 47.6 Å². The Labute approximate surface area is 150 Å². The first-order valence-corrected chi connectivity index (χ1v) is 13.9. The van der Waals surface area contributed by atoms with E-state index in [0.29, 0.717) is 11.8 Å². The first-order chi connectivity index (χ1) is 10.1. The summed E-state index contributed by atoms with van der Waals surface area (Å²) in [5.41, 5.74) is 2.80. The van der Waals surface area contributed by atoms with Crippen LogP contribution in [0.4, 0.5) is 0 Å². The van der Waals surface area contributed by atoms with Crippen molar-refractivity contribution in [1.29, 1.82) is 0 Å². The van der Waals surface area contributed by atoms with Crippen molar-refractivity contribution in [1.82, 2.24) is 0 Å². The van der Waals surface area contributed by atoms with Crippen LogP contribution in [0.2, 0.25) is 0 Å². The van der Waals surface area contributed by atoms with Gasteiger partial charge < -0.3 is 0 Å². The molecule has 0 N–H and O–H groups in total. The molecule has 0 saturated heterocycles. The molecule has 2 aliphatic rings. The maximum atomic E-state index is 4.93. The first kappa shape index (κ1) is 21.4. The third kappa shape index (κ3) is 9.93. The molecule has 0 aliphatic heterocycles. The molecule has 0 aromatic rings. The van der Waals surface area contributed by atoms with E-state index in [1.807, 2.05) is 0 Å². The summed E-state index contributed by atoms with van der Waals surface area (Å²) in [5.74, 6) is 1.42. The molecule has 0 saturated carbocycles. The van der Waals surface area contributed by atoms with Gasteiger partial charge in [0.2, 0.25) is 0 Å². The molecule has 0 aromatic heterocycles. The number of hydrogen-bond acceptors (Lipinski definition) is 0. The maximum absolute atomic E-state index is 4.93. The summed E-state index contributed by atoms with van der Waals surface area (Å²) >= 11 is -0.826. The zero-order valence-electron chi connectivity index (χ0n) is 13.5. The van der Waals surface area contributed by atoms with Crippen LogP contribution in [-0.2, 0) is 20.8 Å². The predicted octanol–water partition coefficient (Wildman–Crippen LogP) is 6.82. The van der Waals surface area contributed by atoms with Gasteiger partial charge >= 0.3 is 37.9 Å². The van der Waals surface area contributed by atoms with Crippen LogP contribution >= 0.6 is 17.0 Å². The molecule has 0 spiro atoms. The third-order valence-electron chi connectivity index (χ3n) is 3.73. The molecule has 2 unspecified atom stereocenters. The van der Waals surface area contributed by atoms with Gasteiger partial charge in [-0.2, -0.15) is 12.2 Å². The average Bonchev–Trinajstić information content (AvgIpc) is 3.19. The SMILES string of the molecule is CCC(C)C1=[C-]CC=C1.CCC(C)C1=[C-]CC=C1.[Cl][Zr+2][Cl]. The van der Waals surface area contributed by atoms with E-state index in [1.165, 1.54) is 24.0 Å². The van der Waals surface area contributed by atoms with Crippen LogP contribution < -0.4 is 0 Å². The molecule has 0 nitrogen and oxygen atoms in total. The van der Waals surface area contributed by atoms with Crippen LogP contribution in [0.15, 0.2) is 35.5 Å². The Bertz CT molecular complexity index is 345. The molecule has 0 amide bonds. The van der Waals surface area contributed by atoms with Gasteiger partial charge in [-0.15, -0.1) is 12.8 Å². The fourth-order valence-electron chi connectivity index (χ4n) is 1.96. The summed E-state index contributed by atoms with van der Waals surface area (Å²) in [7, 11) is 9.87. The fraction of sp³-hybridized carbons (Fsp3) is 0.556. The Balaban J connectivity index is 0.000000322. The number of rotatable bonds is 4. The predicted molar refractivity (Wildman–Crippen MR) is 91.6 cm³/mol. The van der Waals surface area contributed by atoms with Gasteiger partial charge in [0.05, 0.1) is 0 Å². The fourth-order valence-corrected chi connectivity index (χ4v) is 1.96. The van der Waals surface area contributed by atoms with E-state index in [4.69, 9.17) is 17.0 Å². The van der Waals surface area contributed by atoms with Gasteiger partial charge in [0, 0.05) is 0 Å². The van der Waals surface area contributed by atoms with E-state index in [0.717, 1.165) is 12.8 Å². The first-order valence-electron chi connectivity index (χ1n) is 7.61. The molecule has 3 heteroatoms. The second-order valence-electron chi connectivity index (χ2n) is 5.17. The van der Waals surface area contributed by atoms with E-state index >= 15 is 0 Å². The molecule has 0 bridgehead atoms. The molecule has 21 heavy (non-hydrogen) atoms. The average molecular weight is 405 g/mol. The van der Waals surface area contributed by atoms with Gasteiger partial charge in [-0.05, 0) is 0 Å². The minimum atomic E-state index is -0.826. The number of hydrogen-bond donors (Lipinski definition) is 0. The van der Waals surface area contributed by atoms with E-state index in [1.54, 1.807) is 0 Å². The van der Waals surface area contributed by atoms with E-state index in [2.05, 4.69) is 64.2 Å². The molecule has 2 atom stereocenters. The standard InChI is InChI=1S/2C9H13.2ClH.Zr/c2*1-3-8(2)9-6-4-5-7-9;;;/h2*4,6,8H,3,5H2,1-2H3;2*1H;/q2*-1;;;+4/p-2. The van der Waals surface area contributed by atoms with Crippen LogP contribution in [0.1, 0.15) is 53.4 Å². The van der Waals surface area contributed by atoms with Gasteiger partial charge in [0.25, 0.3) is 0 Å². The summed E-state index contributed by atoms with van der Waals surface area (Å²) in [5, 5.41) is 0. The summed E-state index contributed by atoms with van der Waals surface area (Å²) in [4.78, 5) is 0. The molecule has 2 aliphatic carbocycles. The minimum absolute atomic E-state index is 0.712. The quantitative estimate of drug-likeness (QED) is 0.451. The molecule has 0 heterocycles. The third-order valence-corrected chi connectivity index (χ3v) is 3.73. The van der Waals surface area contributed by atoms with Gasteiger partial charge in [0.1, 0.15) is 0 Å². The zero-order chi connectivity index (χ0) is 16.1. The monoisotopic (exact) mass is 402 g/mol. The molecule has 0 radical (unpaired) electrons. The van der Waals surface area contributed by atoms with Crippen LogP contribution in [0, 0.1) is 24.0 Å². The molecule has 0 fully saturated rings. The number of allylic oxidation sites excluding steroid dienone is 8. The summed E-state index contributed by atoms with van der Waals surface area (Å²) < 4.78 is 0. The van der Waals surface area contributed by atoms with E-state index in [9.17, 15) is 0 Å². The van der Waals surface area contributed by atoms with Crippen LogP contribution in [0.5, 0.6) is 0 Å². The Morgan fingerprint density at radius 3 is 1.48 bits per heavy atom. The number of halogens is 2.